The van der Waals surface area contributed by atoms with E-state index in [-0.39, 0.29) is 6.10 Å². The molecule has 0 spiro atoms. The Morgan fingerprint density at radius 1 is 1.56 bits per heavy atom. The smallest absolute Gasteiger partial charge is 0.153 e. The maximum Gasteiger partial charge on any atom is 0.153 e. The average Bonchev–Trinajstić information content (AvgIpc) is 2.80. The topological polar surface area (TPSA) is 35.5 Å². The summed E-state index contributed by atoms with van der Waals surface area (Å²) in [6, 6.07) is 5.40. The highest BCUT2D eigenvalue weighted by molar-refractivity contribution is 9.10. The third-order valence-electron chi connectivity index (χ3n) is 2.55. The van der Waals surface area contributed by atoms with E-state index >= 15 is 0 Å². The van der Waals surface area contributed by atoms with Crippen LogP contribution in [0.3, 0.4) is 0 Å². The van der Waals surface area contributed by atoms with E-state index in [4.69, 9.17) is 9.47 Å². The van der Waals surface area contributed by atoms with Crippen molar-refractivity contribution < 1.29 is 14.3 Å². The van der Waals surface area contributed by atoms with Crippen molar-refractivity contribution in [2.45, 2.75) is 18.9 Å². The van der Waals surface area contributed by atoms with E-state index in [2.05, 4.69) is 15.9 Å². The zero-order valence-corrected chi connectivity index (χ0v) is 10.4. The molecule has 16 heavy (non-hydrogen) atoms. The second-order valence-corrected chi connectivity index (χ2v) is 4.66. The number of hydrogen-bond donors (Lipinski definition) is 0. The summed E-state index contributed by atoms with van der Waals surface area (Å²) < 4.78 is 11.9. The van der Waals surface area contributed by atoms with Crippen molar-refractivity contribution in [2.75, 3.05) is 13.2 Å². The molecular weight excluding hydrogens is 272 g/mol. The molecule has 0 N–H and O–H groups in total. The minimum Gasteiger partial charge on any atom is -0.490 e. The largest absolute Gasteiger partial charge is 0.490 e. The number of carbonyl (C=O) groups excluding carboxylic acids is 1. The second kappa shape index (κ2) is 5.46. The molecule has 0 amide bonds. The van der Waals surface area contributed by atoms with Crippen molar-refractivity contribution in [3.63, 3.8) is 0 Å². The van der Waals surface area contributed by atoms with Crippen LogP contribution in [-0.2, 0) is 4.74 Å². The van der Waals surface area contributed by atoms with Gasteiger partial charge in [0, 0.05) is 11.1 Å². The summed E-state index contributed by atoms with van der Waals surface area (Å²) in [6.45, 7) is 1.33. The first-order chi connectivity index (χ1) is 7.79. The summed E-state index contributed by atoms with van der Waals surface area (Å²) in [5, 5.41) is 0. The highest BCUT2D eigenvalue weighted by Gasteiger charge is 2.16. The van der Waals surface area contributed by atoms with Crippen LogP contribution in [0.25, 0.3) is 0 Å². The lowest BCUT2D eigenvalue weighted by molar-refractivity contribution is 0.0675. The summed E-state index contributed by atoms with van der Waals surface area (Å²) in [5.41, 5.74) is 0.562. The summed E-state index contributed by atoms with van der Waals surface area (Å²) in [6.07, 6.45) is 3.10. The Labute approximate surface area is 103 Å². The normalized spacial score (nSPS) is 19.7. The quantitative estimate of drug-likeness (QED) is 0.798. The molecule has 1 aromatic carbocycles. The lowest BCUT2D eigenvalue weighted by Gasteiger charge is -2.12. The molecule has 3 nitrogen and oxygen atoms in total. The van der Waals surface area contributed by atoms with Crippen LogP contribution in [0.2, 0.25) is 0 Å². The Kier molecular flexibility index (Phi) is 3.96. The van der Waals surface area contributed by atoms with E-state index in [0.29, 0.717) is 17.9 Å². The molecule has 2 rings (SSSR count). The van der Waals surface area contributed by atoms with Gasteiger partial charge in [-0.2, -0.15) is 0 Å². The van der Waals surface area contributed by atoms with Crippen molar-refractivity contribution in [2.24, 2.45) is 0 Å². The fraction of sp³-hybridized carbons (Fsp3) is 0.417. The fourth-order valence-electron chi connectivity index (χ4n) is 1.70. The predicted molar refractivity (Wildman–Crippen MR) is 64.0 cm³/mol. The van der Waals surface area contributed by atoms with Gasteiger partial charge in [-0.05, 0) is 31.0 Å². The maximum atomic E-state index is 10.8. The Bertz CT molecular complexity index is 373. The molecule has 0 aromatic heterocycles. The van der Waals surface area contributed by atoms with Crippen LogP contribution in [-0.4, -0.2) is 25.6 Å². The maximum absolute atomic E-state index is 10.8. The molecule has 1 saturated heterocycles. The zero-order chi connectivity index (χ0) is 11.4. The molecule has 0 saturated carbocycles. The van der Waals surface area contributed by atoms with Crippen LogP contribution in [0.1, 0.15) is 23.2 Å². The van der Waals surface area contributed by atoms with Gasteiger partial charge in [-0.25, -0.2) is 0 Å². The Morgan fingerprint density at radius 3 is 3.12 bits per heavy atom. The lowest BCUT2D eigenvalue weighted by Crippen LogP contribution is -2.16. The predicted octanol–water partition coefficient (Wildman–Crippen LogP) is 2.82. The number of carbonyl (C=O) groups is 1. The van der Waals surface area contributed by atoms with E-state index in [1.165, 1.54) is 0 Å². The van der Waals surface area contributed by atoms with Gasteiger partial charge in [-0.3, -0.25) is 4.79 Å². The number of ether oxygens (including phenoxy) is 2. The van der Waals surface area contributed by atoms with Gasteiger partial charge in [0.25, 0.3) is 0 Å². The molecule has 1 unspecified atom stereocenters. The minimum absolute atomic E-state index is 0.170. The van der Waals surface area contributed by atoms with E-state index in [9.17, 15) is 4.79 Å². The van der Waals surface area contributed by atoms with Gasteiger partial charge in [-0.15, -0.1) is 0 Å². The lowest BCUT2D eigenvalue weighted by atomic mass is 10.2. The first kappa shape index (κ1) is 11.6. The third-order valence-corrected chi connectivity index (χ3v) is 3.04. The van der Waals surface area contributed by atoms with Crippen LogP contribution in [0.5, 0.6) is 5.75 Å². The first-order valence-electron chi connectivity index (χ1n) is 5.29. The monoisotopic (exact) mass is 284 g/mol. The molecule has 1 fully saturated rings. The molecule has 1 aliphatic heterocycles. The number of hydrogen-bond acceptors (Lipinski definition) is 3. The van der Waals surface area contributed by atoms with Crippen molar-refractivity contribution >= 4 is 22.2 Å². The molecule has 1 atom stereocenters. The standard InChI is InChI=1S/C12H13BrO3/c13-10-3-4-12(9(6-10)7-14)16-8-11-2-1-5-15-11/h3-4,6-7,11H,1-2,5,8H2. The molecule has 0 radical (unpaired) electrons. The van der Waals surface area contributed by atoms with Gasteiger partial charge in [0.05, 0.1) is 11.7 Å². The van der Waals surface area contributed by atoms with Gasteiger partial charge < -0.3 is 9.47 Å². The molecule has 1 heterocycles. The van der Waals surface area contributed by atoms with Gasteiger partial charge in [0.1, 0.15) is 12.4 Å². The highest BCUT2D eigenvalue weighted by Crippen LogP contribution is 2.23. The number of halogens is 1. The SMILES string of the molecule is O=Cc1cc(Br)ccc1OCC1CCCO1. The van der Waals surface area contributed by atoms with Crippen molar-refractivity contribution in [1.29, 1.82) is 0 Å². The van der Waals surface area contributed by atoms with E-state index in [1.807, 2.05) is 6.07 Å². The first-order valence-corrected chi connectivity index (χ1v) is 6.08. The van der Waals surface area contributed by atoms with Gasteiger partial charge in [0.15, 0.2) is 6.29 Å². The van der Waals surface area contributed by atoms with Gasteiger partial charge in [-0.1, -0.05) is 15.9 Å². The van der Waals surface area contributed by atoms with Crippen molar-refractivity contribution in [3.8, 4) is 5.75 Å². The summed E-state index contributed by atoms with van der Waals surface area (Å²) in [4.78, 5) is 10.8. The van der Waals surface area contributed by atoms with Crippen LogP contribution in [0, 0.1) is 0 Å². The molecule has 4 heteroatoms. The van der Waals surface area contributed by atoms with Crippen LogP contribution in [0.4, 0.5) is 0 Å². The number of aldehydes is 1. The van der Waals surface area contributed by atoms with Crippen molar-refractivity contribution in [3.05, 3.63) is 28.2 Å². The minimum atomic E-state index is 0.170. The summed E-state index contributed by atoms with van der Waals surface area (Å²) >= 11 is 3.32. The van der Waals surface area contributed by atoms with E-state index < -0.39 is 0 Å². The van der Waals surface area contributed by atoms with Gasteiger partial charge in [0.2, 0.25) is 0 Å². The zero-order valence-electron chi connectivity index (χ0n) is 8.82. The summed E-state index contributed by atoms with van der Waals surface area (Å²) in [7, 11) is 0. The van der Waals surface area contributed by atoms with Crippen LogP contribution < -0.4 is 4.74 Å². The van der Waals surface area contributed by atoms with Crippen LogP contribution >= 0.6 is 15.9 Å². The Balaban J connectivity index is 1.99. The average molecular weight is 285 g/mol. The van der Waals surface area contributed by atoms with Gasteiger partial charge >= 0.3 is 0 Å². The molecule has 86 valence electrons. The molecule has 1 aromatic rings. The second-order valence-electron chi connectivity index (χ2n) is 3.75. The van der Waals surface area contributed by atoms with E-state index in [1.54, 1.807) is 12.1 Å². The highest BCUT2D eigenvalue weighted by atomic mass is 79.9. The van der Waals surface area contributed by atoms with Crippen LogP contribution in [0.15, 0.2) is 22.7 Å². The van der Waals surface area contributed by atoms with E-state index in [0.717, 1.165) is 30.2 Å². The third kappa shape index (κ3) is 2.83. The van der Waals surface area contributed by atoms with Crippen molar-refractivity contribution in [1.82, 2.24) is 0 Å². The molecule has 0 aliphatic carbocycles. The number of benzene rings is 1. The Hall–Kier alpha value is -0.870. The fourth-order valence-corrected chi connectivity index (χ4v) is 2.08. The molecule has 0 bridgehead atoms. The Morgan fingerprint density at radius 2 is 2.44 bits per heavy atom. The molecular formula is C12H13BrO3. The number of rotatable bonds is 4. The summed E-state index contributed by atoms with van der Waals surface area (Å²) in [5.74, 6) is 0.619. The molecule has 1 aliphatic rings.